The van der Waals surface area contributed by atoms with Gasteiger partial charge >= 0.3 is 0 Å². The number of nitrogens with one attached hydrogen (secondary N) is 1. The van der Waals surface area contributed by atoms with Gasteiger partial charge in [0.25, 0.3) is 11.8 Å². The lowest BCUT2D eigenvalue weighted by Gasteiger charge is -2.28. The molecule has 0 aliphatic carbocycles. The minimum Gasteiger partial charge on any atom is -0.347 e. The van der Waals surface area contributed by atoms with Crippen molar-refractivity contribution in [2.45, 2.75) is 56.7 Å². The molecule has 2 heterocycles. The van der Waals surface area contributed by atoms with Crippen LogP contribution in [0.25, 0.3) is 0 Å². The second-order valence-electron chi connectivity index (χ2n) is 10.7. The minimum absolute atomic E-state index is 0.00265. The number of benzene rings is 1. The van der Waals surface area contributed by atoms with E-state index in [0.29, 0.717) is 0 Å². The summed E-state index contributed by atoms with van der Waals surface area (Å²) in [5.74, 6) is -6.67. The van der Waals surface area contributed by atoms with Crippen molar-refractivity contribution in [1.82, 2.24) is 15.1 Å². The molecule has 1 N–H and O–H groups in total. The predicted molar refractivity (Wildman–Crippen MR) is 141 cm³/mol. The van der Waals surface area contributed by atoms with Crippen molar-refractivity contribution in [2.75, 3.05) is 39.0 Å². The van der Waals surface area contributed by atoms with Gasteiger partial charge in [0.1, 0.15) is 5.82 Å². The number of carbonyl (C=O) groups excluding carboxylic acids is 2. The molecule has 1 aromatic rings. The van der Waals surface area contributed by atoms with Gasteiger partial charge in [-0.2, -0.15) is 0 Å². The van der Waals surface area contributed by atoms with Gasteiger partial charge in [-0.1, -0.05) is 23.7 Å². The summed E-state index contributed by atoms with van der Waals surface area (Å²) in [4.78, 5) is 29.2. The first-order valence-electron chi connectivity index (χ1n) is 12.7. The minimum atomic E-state index is -3.42. The third kappa shape index (κ3) is 8.40. The zero-order chi connectivity index (χ0) is 29.2. The van der Waals surface area contributed by atoms with Gasteiger partial charge in [0.05, 0.1) is 12.5 Å². The van der Waals surface area contributed by atoms with Crippen molar-refractivity contribution in [1.29, 1.82) is 0 Å². The summed E-state index contributed by atoms with van der Waals surface area (Å²) in [6, 6.07) is 3.36. The lowest BCUT2D eigenvalue weighted by Crippen LogP contribution is -2.47. The topological polar surface area (TPSA) is 86.8 Å². The smallest absolute Gasteiger partial charge is 0.258 e. The van der Waals surface area contributed by atoms with Crippen molar-refractivity contribution in [3.8, 4) is 0 Å². The average Bonchev–Trinajstić information content (AvgIpc) is 3.08. The van der Waals surface area contributed by atoms with Crippen LogP contribution in [0.1, 0.15) is 44.6 Å². The number of amides is 2. The normalized spacial score (nSPS) is 26.0. The largest absolute Gasteiger partial charge is 0.347 e. The summed E-state index contributed by atoms with van der Waals surface area (Å²) in [5.41, 5.74) is -2.20. The van der Waals surface area contributed by atoms with Crippen molar-refractivity contribution in [3.05, 3.63) is 46.1 Å². The van der Waals surface area contributed by atoms with E-state index in [0.717, 1.165) is 18.6 Å². The molecule has 0 saturated carbocycles. The van der Waals surface area contributed by atoms with Gasteiger partial charge in [-0.15, -0.1) is 0 Å². The van der Waals surface area contributed by atoms with Crippen molar-refractivity contribution in [3.63, 3.8) is 0 Å². The van der Waals surface area contributed by atoms with Gasteiger partial charge in [0.15, 0.2) is 15.5 Å². The molecule has 1 aromatic carbocycles. The highest BCUT2D eigenvalue weighted by atomic mass is 35.5. The predicted octanol–water partition coefficient (Wildman–Crippen LogP) is 3.93. The van der Waals surface area contributed by atoms with Crippen LogP contribution in [0.15, 0.2) is 29.7 Å². The van der Waals surface area contributed by atoms with Crippen LogP contribution in [0, 0.1) is 11.7 Å². The maximum Gasteiger partial charge on any atom is 0.258 e. The van der Waals surface area contributed by atoms with Crippen molar-refractivity contribution >= 4 is 33.3 Å². The first kappa shape index (κ1) is 31.3. The molecule has 7 nitrogen and oxygen atoms in total. The monoisotopic (exact) mass is 595 g/mol. The number of sulfone groups is 1. The van der Waals surface area contributed by atoms with Crippen LogP contribution in [-0.4, -0.2) is 86.6 Å². The van der Waals surface area contributed by atoms with Gasteiger partial charge < -0.3 is 10.2 Å². The second kappa shape index (κ2) is 12.1. The fourth-order valence-electron chi connectivity index (χ4n) is 5.24. The molecule has 2 amide bonds. The molecule has 0 bridgehead atoms. The summed E-state index contributed by atoms with van der Waals surface area (Å²) in [6.07, 6.45) is 1.93. The van der Waals surface area contributed by atoms with Crippen LogP contribution >= 0.6 is 11.6 Å². The quantitative estimate of drug-likeness (QED) is 0.460. The Labute approximate surface area is 231 Å². The molecule has 39 heavy (non-hydrogen) atoms. The third-order valence-electron chi connectivity index (χ3n) is 7.06. The van der Waals surface area contributed by atoms with Crippen LogP contribution in [0.5, 0.6) is 0 Å². The fourth-order valence-corrected chi connectivity index (χ4v) is 6.06. The van der Waals surface area contributed by atoms with Gasteiger partial charge in [-0.25, -0.2) is 26.0 Å². The van der Waals surface area contributed by atoms with Crippen LogP contribution < -0.4 is 5.32 Å². The molecule has 0 spiro atoms. The average molecular weight is 596 g/mol. The van der Waals surface area contributed by atoms with E-state index in [-0.39, 0.29) is 56.0 Å². The van der Waals surface area contributed by atoms with E-state index in [1.165, 1.54) is 41.0 Å². The Hall–Kier alpha value is -2.18. The molecule has 0 aromatic heterocycles. The van der Waals surface area contributed by atoms with Crippen LogP contribution in [0.4, 0.5) is 17.6 Å². The Kier molecular flexibility index (Phi) is 9.76. The molecule has 218 valence electrons. The number of nitrogens with zero attached hydrogens (tertiary/aromatic N) is 2. The lowest BCUT2D eigenvalue weighted by atomic mass is 9.87. The molecular formula is C26H34ClF4N3O4S. The zero-order valence-electron chi connectivity index (χ0n) is 22.1. The van der Waals surface area contributed by atoms with E-state index in [4.69, 9.17) is 11.6 Å². The number of alkyl halides is 3. The number of rotatable bonds is 8. The van der Waals surface area contributed by atoms with Crippen molar-refractivity contribution in [2.24, 2.45) is 5.92 Å². The van der Waals surface area contributed by atoms with Crippen LogP contribution in [0.3, 0.4) is 0 Å². The molecule has 0 radical (unpaired) electrons. The van der Waals surface area contributed by atoms with E-state index in [1.807, 2.05) is 0 Å². The van der Waals surface area contributed by atoms with E-state index in [9.17, 15) is 31.2 Å². The van der Waals surface area contributed by atoms with E-state index >= 15 is 4.39 Å². The van der Waals surface area contributed by atoms with Gasteiger partial charge in [-0.3, -0.25) is 14.5 Å². The number of likely N-dealkylation sites (tertiary alicyclic amines) is 2. The van der Waals surface area contributed by atoms with E-state index in [1.54, 1.807) is 0 Å². The number of hydrogen-bond donors (Lipinski definition) is 1. The summed E-state index contributed by atoms with van der Waals surface area (Å²) in [6.45, 7) is 1.66. The first-order chi connectivity index (χ1) is 18.0. The Morgan fingerprint density at radius 1 is 1.26 bits per heavy atom. The molecule has 0 unspecified atom stereocenters. The SMILES string of the molecule is C[C@H](/C=C\S(C)(=O)=O)NC(=O)[C@@]1(F)CCCN(C(=O)[C@H]2CN(CC(C)(F)F)C[C@H]2c2c(F)cccc2Cl)CC1. The van der Waals surface area contributed by atoms with Crippen molar-refractivity contribution < 1.29 is 35.6 Å². The highest BCUT2D eigenvalue weighted by Gasteiger charge is 2.46. The molecule has 2 saturated heterocycles. The summed E-state index contributed by atoms with van der Waals surface area (Å²) < 4.78 is 80.8. The number of carbonyl (C=O) groups is 2. The fraction of sp³-hybridized carbons (Fsp3) is 0.615. The maximum atomic E-state index is 15.7. The summed E-state index contributed by atoms with van der Waals surface area (Å²) in [7, 11) is -3.42. The Balaban J connectivity index is 1.76. The molecule has 2 fully saturated rings. The first-order valence-corrected chi connectivity index (χ1v) is 15.0. The van der Waals surface area contributed by atoms with E-state index in [2.05, 4.69) is 5.32 Å². The van der Waals surface area contributed by atoms with Gasteiger partial charge in [-0.05, 0) is 31.9 Å². The Bertz CT molecular complexity index is 1190. The van der Waals surface area contributed by atoms with Gasteiger partial charge in [0.2, 0.25) is 5.91 Å². The van der Waals surface area contributed by atoms with Crippen LogP contribution in [-0.2, 0) is 19.4 Å². The molecule has 3 rings (SSSR count). The lowest BCUT2D eigenvalue weighted by molar-refractivity contribution is -0.137. The highest BCUT2D eigenvalue weighted by Crippen LogP contribution is 2.40. The maximum absolute atomic E-state index is 15.7. The molecule has 2 aliphatic heterocycles. The number of halogens is 5. The van der Waals surface area contributed by atoms with Gasteiger partial charge in [0, 0.05) is 73.7 Å². The molecular weight excluding hydrogens is 562 g/mol. The zero-order valence-corrected chi connectivity index (χ0v) is 23.7. The Morgan fingerprint density at radius 2 is 1.95 bits per heavy atom. The second-order valence-corrected chi connectivity index (χ2v) is 13.0. The number of hydrogen-bond acceptors (Lipinski definition) is 5. The molecule has 2 aliphatic rings. The van der Waals surface area contributed by atoms with Crippen LogP contribution in [0.2, 0.25) is 5.02 Å². The standard InChI is InChI=1S/C26H34ClF4N3O4S/c1-17(8-13-39(3,37)38)32-24(36)26(31)9-5-11-34(12-10-26)23(35)19-15-33(16-25(2,29)30)14-18(19)22-20(27)6-4-7-21(22)28/h4,6-8,13,17-19H,5,9-12,14-16H2,1-3H3,(H,32,36)/b13-8-/t17-,18-,19+,26-/m1/s1. The molecule has 4 atom stereocenters. The van der Waals surface area contributed by atoms with E-state index < -0.39 is 63.5 Å². The summed E-state index contributed by atoms with van der Waals surface area (Å²) >= 11 is 6.27. The third-order valence-corrected chi connectivity index (χ3v) is 8.04. The Morgan fingerprint density at radius 3 is 2.56 bits per heavy atom. The highest BCUT2D eigenvalue weighted by molar-refractivity contribution is 7.93. The summed E-state index contributed by atoms with van der Waals surface area (Å²) in [5, 5.41) is 3.47. The molecule has 13 heteroatoms.